The minimum Gasteiger partial charge on any atom is -0.291 e. The molecule has 1 aromatic heterocycles. The molecule has 134 valence electrons. The molecule has 1 unspecified atom stereocenters. The van der Waals surface area contributed by atoms with Crippen molar-refractivity contribution in [2.24, 2.45) is 5.92 Å². The third-order valence-corrected chi connectivity index (χ3v) is 5.07. The maximum absolute atomic E-state index is 4.53. The Bertz CT molecular complexity index is 853. The molecule has 0 amide bonds. The highest BCUT2D eigenvalue weighted by atomic mass is 15.3. The molecule has 0 radical (unpaired) electrons. The molecule has 1 atom stereocenters. The lowest BCUT2D eigenvalue weighted by Crippen LogP contribution is -2.34. The van der Waals surface area contributed by atoms with Crippen molar-refractivity contribution in [3.05, 3.63) is 83.4 Å². The van der Waals surface area contributed by atoms with Gasteiger partial charge in [0.1, 0.15) is 12.2 Å². The molecule has 3 aromatic rings. The van der Waals surface area contributed by atoms with Gasteiger partial charge in [0.2, 0.25) is 0 Å². The predicted molar refractivity (Wildman–Crippen MR) is 104 cm³/mol. The molecule has 1 aliphatic rings. The third kappa shape index (κ3) is 3.56. The summed E-state index contributed by atoms with van der Waals surface area (Å²) in [7, 11) is 0. The Balaban J connectivity index is 1.61. The fourth-order valence-corrected chi connectivity index (χ4v) is 3.88. The molecule has 26 heavy (non-hydrogen) atoms. The van der Waals surface area contributed by atoms with Crippen LogP contribution in [0.15, 0.2) is 60.9 Å². The smallest absolute Gasteiger partial charge is 0.141 e. The van der Waals surface area contributed by atoms with Gasteiger partial charge in [-0.15, -0.1) is 0 Å². The van der Waals surface area contributed by atoms with Crippen molar-refractivity contribution in [2.45, 2.75) is 39.4 Å². The number of rotatable bonds is 5. The highest BCUT2D eigenvalue weighted by Crippen LogP contribution is 2.33. The van der Waals surface area contributed by atoms with Crippen molar-refractivity contribution in [3.63, 3.8) is 0 Å². The molecular weight excluding hydrogens is 320 g/mol. The Hall–Kier alpha value is -2.46. The molecule has 4 rings (SSSR count). The summed E-state index contributed by atoms with van der Waals surface area (Å²) in [5.74, 6) is 2.03. The van der Waals surface area contributed by atoms with E-state index >= 15 is 0 Å². The molecule has 2 heterocycles. The molecule has 0 fully saturated rings. The van der Waals surface area contributed by atoms with Gasteiger partial charge in [-0.1, -0.05) is 68.4 Å². The Morgan fingerprint density at radius 3 is 2.62 bits per heavy atom. The molecular formula is C22H26N4. The first-order chi connectivity index (χ1) is 12.7. The van der Waals surface area contributed by atoms with Crippen molar-refractivity contribution in [2.75, 3.05) is 6.54 Å². The van der Waals surface area contributed by atoms with Crippen LogP contribution >= 0.6 is 0 Å². The Morgan fingerprint density at radius 1 is 1.04 bits per heavy atom. The van der Waals surface area contributed by atoms with Crippen LogP contribution in [-0.2, 0) is 19.6 Å². The van der Waals surface area contributed by atoms with E-state index in [1.54, 1.807) is 6.33 Å². The van der Waals surface area contributed by atoms with Gasteiger partial charge in [-0.25, -0.2) is 9.67 Å². The first-order valence-electron chi connectivity index (χ1n) is 9.42. The standard InChI is InChI=1S/C22H26N4/c1-17(2)12-26-22(23-16-24-26)15-25-13-19-10-6-7-11-20(19)21(14-25)18-8-4-3-5-9-18/h3-11,16-17,21H,12-15H2,1-2H3. The van der Waals surface area contributed by atoms with Crippen LogP contribution in [0.4, 0.5) is 0 Å². The molecule has 0 aliphatic carbocycles. The monoisotopic (exact) mass is 346 g/mol. The predicted octanol–water partition coefficient (Wildman–Crippen LogP) is 4.08. The number of nitrogens with zero attached hydrogens (tertiary/aromatic N) is 4. The van der Waals surface area contributed by atoms with E-state index in [0.717, 1.165) is 32.0 Å². The van der Waals surface area contributed by atoms with E-state index in [9.17, 15) is 0 Å². The number of benzene rings is 2. The molecule has 4 heteroatoms. The van der Waals surface area contributed by atoms with Crippen molar-refractivity contribution in [1.29, 1.82) is 0 Å². The Morgan fingerprint density at radius 2 is 1.81 bits per heavy atom. The van der Waals surface area contributed by atoms with E-state index in [2.05, 4.69) is 88.1 Å². The van der Waals surface area contributed by atoms with E-state index in [-0.39, 0.29) is 0 Å². The van der Waals surface area contributed by atoms with Crippen molar-refractivity contribution in [1.82, 2.24) is 19.7 Å². The molecule has 0 N–H and O–H groups in total. The zero-order valence-corrected chi connectivity index (χ0v) is 15.5. The zero-order chi connectivity index (χ0) is 17.9. The van der Waals surface area contributed by atoms with E-state index < -0.39 is 0 Å². The molecule has 4 nitrogen and oxygen atoms in total. The fraction of sp³-hybridized carbons (Fsp3) is 0.364. The maximum Gasteiger partial charge on any atom is 0.141 e. The molecule has 0 saturated heterocycles. The first-order valence-corrected chi connectivity index (χ1v) is 9.42. The molecule has 0 bridgehead atoms. The average Bonchev–Trinajstić information content (AvgIpc) is 3.08. The van der Waals surface area contributed by atoms with Crippen LogP contribution in [0.25, 0.3) is 0 Å². The van der Waals surface area contributed by atoms with Crippen LogP contribution in [0.3, 0.4) is 0 Å². The summed E-state index contributed by atoms with van der Waals surface area (Å²) in [6.45, 7) is 8.16. The van der Waals surface area contributed by atoms with Crippen molar-refractivity contribution < 1.29 is 0 Å². The quantitative estimate of drug-likeness (QED) is 0.698. The highest BCUT2D eigenvalue weighted by Gasteiger charge is 2.27. The topological polar surface area (TPSA) is 34.0 Å². The van der Waals surface area contributed by atoms with Crippen LogP contribution in [0.5, 0.6) is 0 Å². The van der Waals surface area contributed by atoms with E-state index in [4.69, 9.17) is 0 Å². The molecule has 0 saturated carbocycles. The van der Waals surface area contributed by atoms with Crippen LogP contribution in [0.1, 0.15) is 42.3 Å². The van der Waals surface area contributed by atoms with Crippen LogP contribution in [-0.4, -0.2) is 26.2 Å². The number of fused-ring (bicyclic) bond motifs is 1. The van der Waals surface area contributed by atoms with Crippen molar-refractivity contribution >= 4 is 0 Å². The third-order valence-electron chi connectivity index (χ3n) is 5.07. The van der Waals surface area contributed by atoms with E-state index in [1.165, 1.54) is 16.7 Å². The number of hydrogen-bond donors (Lipinski definition) is 0. The summed E-state index contributed by atoms with van der Waals surface area (Å²) in [4.78, 5) is 7.03. The van der Waals surface area contributed by atoms with E-state index in [0.29, 0.717) is 11.8 Å². The SMILES string of the molecule is CC(C)Cn1ncnc1CN1Cc2ccccc2C(c2ccccc2)C1. The largest absolute Gasteiger partial charge is 0.291 e. The van der Waals surface area contributed by atoms with Crippen molar-refractivity contribution in [3.8, 4) is 0 Å². The summed E-state index contributed by atoms with van der Waals surface area (Å²) in [5, 5.41) is 4.42. The van der Waals surface area contributed by atoms with Gasteiger partial charge >= 0.3 is 0 Å². The lowest BCUT2D eigenvalue weighted by Gasteiger charge is -2.34. The molecule has 1 aliphatic heterocycles. The summed E-state index contributed by atoms with van der Waals surface area (Å²) in [5.41, 5.74) is 4.26. The second-order valence-corrected chi connectivity index (χ2v) is 7.58. The van der Waals surface area contributed by atoms with Gasteiger partial charge in [0.25, 0.3) is 0 Å². The van der Waals surface area contributed by atoms with E-state index in [1.807, 2.05) is 0 Å². The van der Waals surface area contributed by atoms with Gasteiger partial charge in [0.15, 0.2) is 0 Å². The molecule has 2 aromatic carbocycles. The van der Waals surface area contributed by atoms with Gasteiger partial charge in [-0.2, -0.15) is 5.10 Å². The summed E-state index contributed by atoms with van der Waals surface area (Å²) < 4.78 is 2.06. The summed E-state index contributed by atoms with van der Waals surface area (Å²) in [6.07, 6.45) is 1.68. The number of hydrogen-bond acceptors (Lipinski definition) is 3. The number of aromatic nitrogens is 3. The van der Waals surface area contributed by atoms with Gasteiger partial charge in [-0.3, -0.25) is 4.90 Å². The average molecular weight is 346 g/mol. The fourth-order valence-electron chi connectivity index (χ4n) is 3.88. The first kappa shape index (κ1) is 17.0. The highest BCUT2D eigenvalue weighted by molar-refractivity contribution is 5.40. The summed E-state index contributed by atoms with van der Waals surface area (Å²) >= 11 is 0. The van der Waals surface area contributed by atoms with Gasteiger partial charge in [0, 0.05) is 25.6 Å². The lowest BCUT2D eigenvalue weighted by atomic mass is 9.84. The van der Waals surface area contributed by atoms with Crippen LogP contribution in [0.2, 0.25) is 0 Å². The second-order valence-electron chi connectivity index (χ2n) is 7.58. The van der Waals surface area contributed by atoms with Crippen LogP contribution < -0.4 is 0 Å². The minimum absolute atomic E-state index is 0.405. The Labute approximate surface area is 155 Å². The van der Waals surface area contributed by atoms with Crippen LogP contribution in [0, 0.1) is 5.92 Å². The summed E-state index contributed by atoms with van der Waals surface area (Å²) in [6, 6.07) is 19.7. The van der Waals surface area contributed by atoms with Gasteiger partial charge in [-0.05, 0) is 22.6 Å². The van der Waals surface area contributed by atoms with Gasteiger partial charge < -0.3 is 0 Å². The second kappa shape index (κ2) is 7.42. The minimum atomic E-state index is 0.405. The zero-order valence-electron chi connectivity index (χ0n) is 15.5. The van der Waals surface area contributed by atoms with Gasteiger partial charge in [0.05, 0.1) is 6.54 Å². The normalized spacial score (nSPS) is 17.4. The molecule has 0 spiro atoms. The lowest BCUT2D eigenvalue weighted by molar-refractivity contribution is 0.220. The maximum atomic E-state index is 4.53. The Kier molecular flexibility index (Phi) is 4.85.